The molecular weight excluding hydrogens is 352 g/mol. The molecule has 5 heteroatoms. The number of alkyl carbamates (subject to hydrolysis) is 1. The lowest BCUT2D eigenvalue weighted by molar-refractivity contribution is 0.0475. The molecule has 5 nitrogen and oxygen atoms in total. The molecule has 0 bridgehead atoms. The smallest absolute Gasteiger partial charge is 0.407 e. The third-order valence-corrected chi connectivity index (χ3v) is 4.38. The van der Waals surface area contributed by atoms with Crippen LogP contribution in [0.4, 0.5) is 4.79 Å². The van der Waals surface area contributed by atoms with Crippen LogP contribution in [0.3, 0.4) is 0 Å². The minimum absolute atomic E-state index is 0.283. The summed E-state index contributed by atoms with van der Waals surface area (Å²) in [6.45, 7) is 5.47. The van der Waals surface area contributed by atoms with Gasteiger partial charge in [-0.1, -0.05) is 60.7 Å². The summed E-state index contributed by atoms with van der Waals surface area (Å²) in [5.74, 6) is 0. The van der Waals surface area contributed by atoms with E-state index < -0.39 is 23.8 Å². The molecule has 2 aromatic rings. The standard InChI is InChI=1S/C23H32N2O3/c1-23(2,3)28-22(27)25-19(14-17-10-6-4-7-11-17)16-21(26)20(24)15-18-12-8-5-9-13-18/h4-13,19-21,26H,14-16,24H2,1-3H3,(H,25,27)/t19?,20-,21-/m0/s1. The molecule has 0 aromatic heterocycles. The fraction of sp³-hybridized carbons (Fsp3) is 0.435. The summed E-state index contributed by atoms with van der Waals surface area (Å²) in [5.41, 5.74) is 7.80. The van der Waals surface area contributed by atoms with Gasteiger partial charge in [-0.25, -0.2) is 4.79 Å². The van der Waals surface area contributed by atoms with E-state index in [4.69, 9.17) is 10.5 Å². The number of rotatable bonds is 8. The molecule has 2 rings (SSSR count). The van der Waals surface area contributed by atoms with E-state index in [1.54, 1.807) is 0 Å². The fourth-order valence-corrected chi connectivity index (χ4v) is 3.05. The van der Waals surface area contributed by atoms with Crippen LogP contribution in [0.15, 0.2) is 60.7 Å². The third kappa shape index (κ3) is 8.11. The minimum atomic E-state index is -0.746. The van der Waals surface area contributed by atoms with E-state index >= 15 is 0 Å². The van der Waals surface area contributed by atoms with E-state index in [0.29, 0.717) is 19.3 Å². The summed E-state index contributed by atoms with van der Waals surface area (Å²) in [7, 11) is 0. The molecule has 0 spiro atoms. The van der Waals surface area contributed by atoms with Gasteiger partial charge in [0.15, 0.2) is 0 Å². The minimum Gasteiger partial charge on any atom is -0.444 e. The Labute approximate surface area is 167 Å². The summed E-state index contributed by atoms with van der Waals surface area (Å²) >= 11 is 0. The van der Waals surface area contributed by atoms with E-state index in [0.717, 1.165) is 11.1 Å². The number of carbonyl (C=O) groups is 1. The van der Waals surface area contributed by atoms with Gasteiger partial charge in [0.1, 0.15) is 5.60 Å². The van der Waals surface area contributed by atoms with Crippen LogP contribution in [0.1, 0.15) is 38.3 Å². The van der Waals surface area contributed by atoms with Crippen LogP contribution in [-0.2, 0) is 17.6 Å². The van der Waals surface area contributed by atoms with E-state index in [2.05, 4.69) is 5.32 Å². The maximum Gasteiger partial charge on any atom is 0.407 e. The van der Waals surface area contributed by atoms with Gasteiger partial charge in [-0.05, 0) is 51.2 Å². The fourth-order valence-electron chi connectivity index (χ4n) is 3.05. The summed E-state index contributed by atoms with van der Waals surface area (Å²) in [5, 5.41) is 13.6. The number of carbonyl (C=O) groups excluding carboxylic acids is 1. The number of aliphatic hydroxyl groups is 1. The van der Waals surface area contributed by atoms with Gasteiger partial charge in [-0.3, -0.25) is 0 Å². The lowest BCUT2D eigenvalue weighted by Gasteiger charge is -2.27. The Balaban J connectivity index is 2.01. The van der Waals surface area contributed by atoms with Crippen molar-refractivity contribution in [1.82, 2.24) is 5.32 Å². The van der Waals surface area contributed by atoms with Crippen LogP contribution >= 0.6 is 0 Å². The van der Waals surface area contributed by atoms with Crippen LogP contribution in [0.2, 0.25) is 0 Å². The van der Waals surface area contributed by atoms with Crippen LogP contribution in [0.5, 0.6) is 0 Å². The second-order valence-electron chi connectivity index (χ2n) is 8.19. The van der Waals surface area contributed by atoms with Gasteiger partial charge >= 0.3 is 6.09 Å². The summed E-state index contributed by atoms with van der Waals surface area (Å²) in [6.07, 6.45) is 0.283. The second-order valence-corrected chi connectivity index (χ2v) is 8.19. The average molecular weight is 385 g/mol. The first-order valence-corrected chi connectivity index (χ1v) is 9.74. The number of ether oxygens (including phenoxy) is 1. The Morgan fingerprint density at radius 3 is 2.00 bits per heavy atom. The van der Waals surface area contributed by atoms with Crippen molar-refractivity contribution in [2.75, 3.05) is 0 Å². The highest BCUT2D eigenvalue weighted by Gasteiger charge is 2.24. The van der Waals surface area contributed by atoms with E-state index in [9.17, 15) is 9.90 Å². The Hall–Kier alpha value is -2.37. The molecule has 0 fully saturated rings. The number of nitrogens with two attached hydrogens (primary N) is 1. The maximum atomic E-state index is 12.3. The highest BCUT2D eigenvalue weighted by atomic mass is 16.6. The monoisotopic (exact) mass is 384 g/mol. The molecule has 0 saturated carbocycles. The van der Waals surface area contributed by atoms with Crippen molar-refractivity contribution in [3.63, 3.8) is 0 Å². The van der Waals surface area contributed by atoms with Gasteiger partial charge in [-0.15, -0.1) is 0 Å². The zero-order valence-electron chi connectivity index (χ0n) is 17.0. The molecule has 28 heavy (non-hydrogen) atoms. The van der Waals surface area contributed by atoms with Crippen molar-refractivity contribution in [2.24, 2.45) is 5.73 Å². The average Bonchev–Trinajstić information content (AvgIpc) is 2.61. The molecule has 1 unspecified atom stereocenters. The van der Waals surface area contributed by atoms with Gasteiger partial charge in [-0.2, -0.15) is 0 Å². The number of benzene rings is 2. The molecule has 0 aliphatic heterocycles. The molecule has 1 amide bonds. The first kappa shape index (κ1) is 21.9. The summed E-state index contributed by atoms with van der Waals surface area (Å²) < 4.78 is 5.38. The van der Waals surface area contributed by atoms with Crippen molar-refractivity contribution >= 4 is 6.09 Å². The van der Waals surface area contributed by atoms with Crippen molar-refractivity contribution in [3.8, 4) is 0 Å². The molecule has 4 N–H and O–H groups in total. The van der Waals surface area contributed by atoms with Gasteiger partial charge in [0, 0.05) is 12.1 Å². The van der Waals surface area contributed by atoms with Crippen molar-refractivity contribution in [2.45, 2.75) is 63.8 Å². The lowest BCUT2D eigenvalue weighted by atomic mass is 9.94. The van der Waals surface area contributed by atoms with Gasteiger partial charge < -0.3 is 20.9 Å². The Kier molecular flexibility index (Phi) is 8.03. The normalized spacial score (nSPS) is 14.8. The van der Waals surface area contributed by atoms with Crippen molar-refractivity contribution in [1.29, 1.82) is 0 Å². The number of hydrogen-bond acceptors (Lipinski definition) is 4. The first-order chi connectivity index (χ1) is 13.2. The molecule has 152 valence electrons. The number of aliphatic hydroxyl groups excluding tert-OH is 1. The van der Waals surface area contributed by atoms with E-state index in [1.807, 2.05) is 81.4 Å². The zero-order chi connectivity index (χ0) is 20.6. The molecule has 0 heterocycles. The van der Waals surface area contributed by atoms with Crippen molar-refractivity contribution in [3.05, 3.63) is 71.8 Å². The molecule has 0 aliphatic rings. The predicted octanol–water partition coefficient (Wildman–Crippen LogP) is 3.44. The molecule has 2 aromatic carbocycles. The molecule has 0 aliphatic carbocycles. The Morgan fingerprint density at radius 1 is 1.00 bits per heavy atom. The first-order valence-electron chi connectivity index (χ1n) is 9.74. The SMILES string of the molecule is CC(C)(C)OC(=O)NC(Cc1ccccc1)C[C@H](O)[C@@H](N)Cc1ccccc1. The van der Waals surface area contributed by atoms with Crippen molar-refractivity contribution < 1.29 is 14.6 Å². The number of amides is 1. The topological polar surface area (TPSA) is 84.6 Å². The Morgan fingerprint density at radius 2 is 1.50 bits per heavy atom. The lowest BCUT2D eigenvalue weighted by Crippen LogP contribution is -2.46. The highest BCUT2D eigenvalue weighted by molar-refractivity contribution is 5.68. The zero-order valence-corrected chi connectivity index (χ0v) is 17.0. The predicted molar refractivity (Wildman–Crippen MR) is 112 cm³/mol. The van der Waals surface area contributed by atoms with Crippen LogP contribution in [0, 0.1) is 0 Å². The van der Waals surface area contributed by atoms with Gasteiger partial charge in [0.05, 0.1) is 6.10 Å². The summed E-state index contributed by atoms with van der Waals surface area (Å²) in [4.78, 5) is 12.3. The van der Waals surface area contributed by atoms with E-state index in [1.165, 1.54) is 0 Å². The number of hydrogen-bond donors (Lipinski definition) is 3. The van der Waals surface area contributed by atoms with Crippen LogP contribution in [0.25, 0.3) is 0 Å². The van der Waals surface area contributed by atoms with Gasteiger partial charge in [0.25, 0.3) is 0 Å². The quantitative estimate of drug-likeness (QED) is 0.651. The maximum absolute atomic E-state index is 12.3. The Bertz CT molecular complexity index is 714. The number of nitrogens with one attached hydrogen (secondary N) is 1. The van der Waals surface area contributed by atoms with Gasteiger partial charge in [0.2, 0.25) is 0 Å². The second kappa shape index (κ2) is 10.2. The highest BCUT2D eigenvalue weighted by Crippen LogP contribution is 2.14. The summed E-state index contributed by atoms with van der Waals surface area (Å²) in [6, 6.07) is 19.0. The molecule has 0 saturated heterocycles. The largest absolute Gasteiger partial charge is 0.444 e. The molecular formula is C23H32N2O3. The van der Waals surface area contributed by atoms with Crippen LogP contribution in [-0.4, -0.2) is 35.0 Å². The van der Waals surface area contributed by atoms with Crippen LogP contribution < -0.4 is 11.1 Å². The molecule has 0 radical (unpaired) electrons. The molecule has 3 atom stereocenters. The van der Waals surface area contributed by atoms with E-state index in [-0.39, 0.29) is 6.04 Å². The third-order valence-electron chi connectivity index (χ3n) is 4.38.